The summed E-state index contributed by atoms with van der Waals surface area (Å²) >= 11 is 0. The van der Waals surface area contributed by atoms with Crippen molar-refractivity contribution in [2.45, 2.75) is 6.54 Å². The summed E-state index contributed by atoms with van der Waals surface area (Å²) in [5, 5.41) is 0. The normalized spacial score (nSPS) is 9.43. The van der Waals surface area contributed by atoms with Gasteiger partial charge in [-0.2, -0.15) is 4.57 Å². The molecule has 2 rings (SSSR count). The van der Waals surface area contributed by atoms with Crippen molar-refractivity contribution in [3.8, 4) is 0 Å². The van der Waals surface area contributed by atoms with E-state index in [1.165, 1.54) is 0 Å². The van der Waals surface area contributed by atoms with Crippen LogP contribution in [0.1, 0.15) is 0 Å². The maximum atomic E-state index is 4.27. The Morgan fingerprint density at radius 1 is 1.36 bits per heavy atom. The van der Waals surface area contributed by atoms with E-state index in [2.05, 4.69) is 22.2 Å². The van der Waals surface area contributed by atoms with Crippen molar-refractivity contribution in [1.82, 2.24) is 4.98 Å². The molecule has 1 heterocycles. The van der Waals surface area contributed by atoms with Gasteiger partial charge in [-0.1, -0.05) is 18.7 Å². The quantitative estimate of drug-likeness (QED) is 0.479. The van der Waals surface area contributed by atoms with Crippen LogP contribution in [0.2, 0.25) is 0 Å². The second kappa shape index (κ2) is 4.86. The van der Waals surface area contributed by atoms with Crippen molar-refractivity contribution in [1.29, 1.82) is 0 Å². The van der Waals surface area contributed by atoms with Crippen LogP contribution >= 0.6 is 0 Å². The Labute approximate surface area is 93.7 Å². The number of rotatable bonds is 2. The highest BCUT2D eigenvalue weighted by molar-refractivity contribution is 5.69. The topological polar surface area (TPSA) is 16.8 Å². The van der Waals surface area contributed by atoms with E-state index in [0.717, 1.165) is 17.6 Å². The molecular weight excluding hydrogens is 240 g/mol. The molecule has 0 N–H and O–H groups in total. The molecule has 0 aliphatic carbocycles. The van der Waals surface area contributed by atoms with Gasteiger partial charge in [-0.25, -0.2) is 4.98 Å². The molecule has 0 saturated heterocycles. The summed E-state index contributed by atoms with van der Waals surface area (Å²) in [7, 11) is 0. The number of halogens is 1. The van der Waals surface area contributed by atoms with E-state index in [9.17, 15) is 0 Å². The molecule has 3 heteroatoms. The highest BCUT2D eigenvalue weighted by atomic mass is 79.9. The van der Waals surface area contributed by atoms with Gasteiger partial charge >= 0.3 is 0 Å². The highest BCUT2D eigenvalue weighted by Gasteiger charge is 2.04. The molecule has 0 bridgehead atoms. The van der Waals surface area contributed by atoms with Crippen LogP contribution in [-0.4, -0.2) is 4.98 Å². The van der Waals surface area contributed by atoms with E-state index in [1.807, 2.05) is 36.7 Å². The van der Waals surface area contributed by atoms with Crippen LogP contribution in [-0.2, 0) is 6.54 Å². The molecule has 0 aliphatic rings. The van der Waals surface area contributed by atoms with E-state index in [1.54, 1.807) is 0 Å². The molecule has 1 aromatic carbocycles. The summed E-state index contributed by atoms with van der Waals surface area (Å²) in [4.78, 5) is 4.27. The summed E-state index contributed by atoms with van der Waals surface area (Å²) < 4.78 is 2.12. The molecule has 14 heavy (non-hydrogen) atoms. The zero-order valence-corrected chi connectivity index (χ0v) is 9.31. The van der Waals surface area contributed by atoms with E-state index in [0.29, 0.717) is 0 Å². The molecule has 0 saturated carbocycles. The zero-order valence-electron chi connectivity index (χ0n) is 7.73. The summed E-state index contributed by atoms with van der Waals surface area (Å²) in [6, 6.07) is 8.08. The number of hydrogen-bond donors (Lipinski definition) is 0. The Morgan fingerprint density at radius 2 is 2.14 bits per heavy atom. The Balaban J connectivity index is 0.000000980. The summed E-state index contributed by atoms with van der Waals surface area (Å²) in [6.45, 7) is 4.54. The van der Waals surface area contributed by atoms with E-state index >= 15 is 0 Å². The number of nitrogens with zero attached hydrogens (tertiary/aromatic N) is 2. The molecule has 0 amide bonds. The molecule has 0 radical (unpaired) electrons. The van der Waals surface area contributed by atoms with Gasteiger partial charge in [-0.15, -0.1) is 0 Å². The second-order valence-corrected chi connectivity index (χ2v) is 2.86. The molecule has 0 unspecified atom stereocenters. The number of benzene rings is 1. The Kier molecular flexibility index (Phi) is 3.77. The summed E-state index contributed by atoms with van der Waals surface area (Å²) in [5.41, 5.74) is 2.16. The van der Waals surface area contributed by atoms with Crippen LogP contribution in [0.25, 0.3) is 11.0 Å². The van der Waals surface area contributed by atoms with Crippen molar-refractivity contribution in [3.63, 3.8) is 0 Å². The largest absolute Gasteiger partial charge is 1.00 e. The molecule has 0 aliphatic heterocycles. The lowest BCUT2D eigenvalue weighted by Gasteiger charge is -1.96. The lowest BCUT2D eigenvalue weighted by Crippen LogP contribution is -3.00. The molecular formula is C11H11BrN2. The van der Waals surface area contributed by atoms with Gasteiger partial charge in [0.25, 0.3) is 0 Å². The molecule has 72 valence electrons. The average Bonchev–Trinajstić information content (AvgIpc) is 2.19. The third-order valence-electron chi connectivity index (χ3n) is 1.98. The van der Waals surface area contributed by atoms with Gasteiger partial charge in [0.05, 0.1) is 6.20 Å². The van der Waals surface area contributed by atoms with E-state index in [4.69, 9.17) is 0 Å². The van der Waals surface area contributed by atoms with Crippen LogP contribution < -0.4 is 21.5 Å². The van der Waals surface area contributed by atoms with Gasteiger partial charge in [0.2, 0.25) is 5.52 Å². The van der Waals surface area contributed by atoms with Gasteiger partial charge < -0.3 is 17.0 Å². The van der Waals surface area contributed by atoms with E-state index < -0.39 is 0 Å². The average molecular weight is 251 g/mol. The van der Waals surface area contributed by atoms with Crippen molar-refractivity contribution in [2.75, 3.05) is 0 Å². The maximum Gasteiger partial charge on any atom is 0.231 e. The van der Waals surface area contributed by atoms with Crippen LogP contribution in [0, 0.1) is 0 Å². The molecule has 0 fully saturated rings. The van der Waals surface area contributed by atoms with Gasteiger partial charge in [0.15, 0.2) is 12.7 Å². The van der Waals surface area contributed by atoms with Crippen LogP contribution in [0.3, 0.4) is 0 Å². The van der Waals surface area contributed by atoms with E-state index in [-0.39, 0.29) is 17.0 Å². The minimum absolute atomic E-state index is 0. The van der Waals surface area contributed by atoms with Gasteiger partial charge in [0, 0.05) is 6.07 Å². The van der Waals surface area contributed by atoms with Crippen LogP contribution in [0.15, 0.2) is 49.3 Å². The lowest BCUT2D eigenvalue weighted by atomic mass is 10.3. The van der Waals surface area contributed by atoms with Crippen molar-refractivity contribution in [2.24, 2.45) is 0 Å². The highest BCUT2D eigenvalue weighted by Crippen LogP contribution is 2.03. The first-order valence-electron chi connectivity index (χ1n) is 4.26. The Morgan fingerprint density at radius 3 is 2.93 bits per heavy atom. The fourth-order valence-corrected chi connectivity index (χ4v) is 1.39. The summed E-state index contributed by atoms with van der Waals surface area (Å²) in [5.74, 6) is 0. The third-order valence-corrected chi connectivity index (χ3v) is 1.98. The molecule has 1 aromatic heterocycles. The van der Waals surface area contributed by atoms with Crippen LogP contribution in [0.5, 0.6) is 0 Å². The molecule has 2 aromatic rings. The standard InChI is InChI=1S/C11H11N2.BrH/c1-2-8-13-9-7-12-10-5-3-4-6-11(10)13;/h2-7,9H,1,8H2;1H/q+1;/p-1. The van der Waals surface area contributed by atoms with Gasteiger partial charge in [-0.3, -0.25) is 0 Å². The number of fused-ring (bicyclic) bond motifs is 1. The van der Waals surface area contributed by atoms with Crippen molar-refractivity contribution >= 4 is 11.0 Å². The number of hydrogen-bond acceptors (Lipinski definition) is 1. The number of aromatic nitrogens is 2. The number of para-hydroxylation sites is 2. The fourth-order valence-electron chi connectivity index (χ4n) is 1.39. The zero-order chi connectivity index (χ0) is 9.10. The first kappa shape index (κ1) is 10.9. The fraction of sp³-hybridized carbons (Fsp3) is 0.0909. The monoisotopic (exact) mass is 250 g/mol. The van der Waals surface area contributed by atoms with Crippen molar-refractivity contribution < 1.29 is 21.5 Å². The third kappa shape index (κ3) is 1.99. The van der Waals surface area contributed by atoms with Gasteiger partial charge in [0.1, 0.15) is 5.52 Å². The van der Waals surface area contributed by atoms with Crippen LogP contribution in [0.4, 0.5) is 0 Å². The SMILES string of the molecule is C=CC[n+]1ccnc2ccccc21.[Br-]. The molecule has 0 spiro atoms. The Hall–Kier alpha value is -1.22. The van der Waals surface area contributed by atoms with Gasteiger partial charge in [-0.05, 0) is 12.1 Å². The minimum atomic E-state index is 0. The minimum Gasteiger partial charge on any atom is -1.00 e. The lowest BCUT2D eigenvalue weighted by molar-refractivity contribution is -0.661. The second-order valence-electron chi connectivity index (χ2n) is 2.86. The first-order chi connectivity index (χ1) is 6.42. The molecule has 0 atom stereocenters. The number of allylic oxidation sites excluding steroid dienone is 1. The predicted octanol–water partition coefficient (Wildman–Crippen LogP) is -1.29. The van der Waals surface area contributed by atoms with Crippen molar-refractivity contribution in [3.05, 3.63) is 49.3 Å². The smallest absolute Gasteiger partial charge is 0.231 e. The predicted molar refractivity (Wildman–Crippen MR) is 52.1 cm³/mol. The Bertz CT molecular complexity index is 435. The summed E-state index contributed by atoms with van der Waals surface area (Å²) in [6.07, 6.45) is 5.66. The first-order valence-corrected chi connectivity index (χ1v) is 4.26. The maximum absolute atomic E-state index is 4.27. The molecule has 2 nitrogen and oxygen atoms in total.